The van der Waals surface area contributed by atoms with Gasteiger partial charge in [-0.2, -0.15) is 0 Å². The molecular formula is C64H43NO. The molecule has 1 aliphatic heterocycles. The number of fused-ring (bicyclic) bond motifs is 6. The molecule has 0 atom stereocenters. The number of hydrogen-bond acceptors (Lipinski definition) is 2. The molecule has 0 bridgehead atoms. The topological polar surface area (TPSA) is 12.5 Å². The van der Waals surface area contributed by atoms with E-state index >= 15 is 0 Å². The van der Waals surface area contributed by atoms with E-state index in [1.54, 1.807) is 0 Å². The van der Waals surface area contributed by atoms with Crippen LogP contribution in [-0.2, 0) is 0 Å². The summed E-state index contributed by atoms with van der Waals surface area (Å²) in [6.45, 7) is 0. The molecule has 0 amide bonds. The average molecular weight is 842 g/mol. The standard InChI is InChI=1S/C64H43NO/c1-4-14-44(15-5-1)47-26-28-49(29-27-47)51-36-40-56(41-37-51)65(55-38-34-50(35-39-55)46-18-8-3-9-19-46)60-24-13-25-61-64(60)58-23-12-22-57(52-32-30-48(31-33-52)45-16-6-2-7-17-45)63(58)59-42-53-20-10-11-21-54(53)43-62(59)66-61/h1-43H. The number of benzene rings is 11. The molecule has 0 radical (unpaired) electrons. The molecule has 11 aromatic rings. The lowest BCUT2D eigenvalue weighted by atomic mass is 9.86. The first-order valence-electron chi connectivity index (χ1n) is 22.6. The number of rotatable bonds is 8. The molecule has 1 aliphatic rings. The van der Waals surface area contributed by atoms with E-state index in [0.29, 0.717) is 0 Å². The van der Waals surface area contributed by atoms with Crippen molar-refractivity contribution in [3.05, 3.63) is 261 Å². The quantitative estimate of drug-likeness (QED) is 0.151. The van der Waals surface area contributed by atoms with Gasteiger partial charge in [-0.25, -0.2) is 0 Å². The average Bonchev–Trinajstić information content (AvgIpc) is 3.54. The lowest BCUT2D eigenvalue weighted by Crippen LogP contribution is -2.11. The Morgan fingerprint density at radius 3 is 1.14 bits per heavy atom. The Morgan fingerprint density at radius 1 is 0.242 bits per heavy atom. The molecule has 0 N–H and O–H groups in total. The van der Waals surface area contributed by atoms with Crippen molar-refractivity contribution in [1.82, 2.24) is 0 Å². The minimum atomic E-state index is 0.806. The number of nitrogens with zero attached hydrogens (tertiary/aromatic N) is 1. The molecule has 66 heavy (non-hydrogen) atoms. The summed E-state index contributed by atoms with van der Waals surface area (Å²) in [7, 11) is 0. The summed E-state index contributed by atoms with van der Waals surface area (Å²) in [5, 5.41) is 2.30. The Balaban J connectivity index is 1.04. The van der Waals surface area contributed by atoms with E-state index in [1.165, 1.54) is 44.3 Å². The van der Waals surface area contributed by atoms with Gasteiger partial charge in [-0.1, -0.05) is 212 Å². The Labute approximate surface area is 385 Å². The number of hydrogen-bond donors (Lipinski definition) is 0. The van der Waals surface area contributed by atoms with Crippen molar-refractivity contribution in [3.8, 4) is 89.4 Å². The zero-order valence-corrected chi connectivity index (χ0v) is 36.2. The third kappa shape index (κ3) is 7.21. The van der Waals surface area contributed by atoms with Crippen molar-refractivity contribution in [3.63, 3.8) is 0 Å². The first-order chi connectivity index (χ1) is 32.7. The van der Waals surface area contributed by atoms with Crippen LogP contribution in [0.15, 0.2) is 261 Å². The molecule has 2 nitrogen and oxygen atoms in total. The van der Waals surface area contributed by atoms with Crippen LogP contribution in [0, 0.1) is 0 Å². The highest BCUT2D eigenvalue weighted by Gasteiger charge is 2.29. The number of anilines is 3. The first-order valence-corrected chi connectivity index (χ1v) is 22.6. The summed E-state index contributed by atoms with van der Waals surface area (Å²) in [5.41, 5.74) is 19.2. The van der Waals surface area contributed by atoms with Gasteiger partial charge in [0, 0.05) is 28.1 Å². The van der Waals surface area contributed by atoms with Gasteiger partial charge in [0.2, 0.25) is 0 Å². The van der Waals surface area contributed by atoms with Crippen LogP contribution in [0.5, 0.6) is 11.5 Å². The molecule has 0 saturated carbocycles. The van der Waals surface area contributed by atoms with Gasteiger partial charge in [-0.05, 0) is 121 Å². The monoisotopic (exact) mass is 841 g/mol. The SMILES string of the molecule is c1ccc(-c2ccc(-c3ccc(N(c4ccc(-c5ccccc5)cc4)c4cccc5c4-c4cccc(-c6ccc(-c7ccccc7)cc6)c4-c4cc6ccccc6cc4O5)cc3)cc2)cc1. The van der Waals surface area contributed by atoms with Gasteiger partial charge in [0.15, 0.2) is 0 Å². The van der Waals surface area contributed by atoms with Crippen molar-refractivity contribution < 1.29 is 4.74 Å². The van der Waals surface area contributed by atoms with Crippen molar-refractivity contribution in [2.24, 2.45) is 0 Å². The summed E-state index contributed by atoms with van der Waals surface area (Å²) < 4.78 is 7.19. The maximum Gasteiger partial charge on any atom is 0.137 e. The molecule has 2 heteroatoms. The van der Waals surface area contributed by atoms with E-state index in [2.05, 4.69) is 266 Å². The van der Waals surface area contributed by atoms with E-state index in [1.807, 2.05) is 0 Å². The van der Waals surface area contributed by atoms with Crippen LogP contribution in [0.4, 0.5) is 17.1 Å². The summed E-state index contributed by atoms with van der Waals surface area (Å²) in [4.78, 5) is 2.39. The summed E-state index contributed by atoms with van der Waals surface area (Å²) in [5.74, 6) is 1.64. The van der Waals surface area contributed by atoms with Gasteiger partial charge in [0.1, 0.15) is 11.5 Å². The molecule has 0 fully saturated rings. The fraction of sp³-hybridized carbons (Fsp3) is 0. The van der Waals surface area contributed by atoms with Gasteiger partial charge in [0.25, 0.3) is 0 Å². The highest BCUT2D eigenvalue weighted by Crippen LogP contribution is 2.55. The third-order valence-corrected chi connectivity index (χ3v) is 12.9. The van der Waals surface area contributed by atoms with Gasteiger partial charge in [-0.15, -0.1) is 0 Å². The molecule has 1 heterocycles. The molecule has 0 spiro atoms. The van der Waals surface area contributed by atoms with E-state index in [-0.39, 0.29) is 0 Å². The summed E-state index contributed by atoms with van der Waals surface area (Å²) >= 11 is 0. The molecule has 0 unspecified atom stereocenters. The van der Waals surface area contributed by atoms with E-state index in [9.17, 15) is 0 Å². The zero-order chi connectivity index (χ0) is 43.8. The van der Waals surface area contributed by atoms with Gasteiger partial charge in [-0.3, -0.25) is 0 Å². The highest BCUT2D eigenvalue weighted by atomic mass is 16.5. The molecular weight excluding hydrogens is 799 g/mol. The smallest absolute Gasteiger partial charge is 0.137 e. The molecule has 0 aromatic heterocycles. The molecule has 12 rings (SSSR count). The second-order valence-electron chi connectivity index (χ2n) is 16.9. The molecule has 0 saturated heterocycles. The Hall–Kier alpha value is -8.72. The first kappa shape index (κ1) is 38.9. The van der Waals surface area contributed by atoms with E-state index in [4.69, 9.17) is 4.74 Å². The molecule has 310 valence electrons. The normalized spacial score (nSPS) is 11.5. The Bertz CT molecular complexity index is 3490. The maximum atomic E-state index is 7.19. The van der Waals surface area contributed by atoms with Crippen molar-refractivity contribution in [1.29, 1.82) is 0 Å². The second-order valence-corrected chi connectivity index (χ2v) is 16.9. The molecule has 11 aromatic carbocycles. The van der Waals surface area contributed by atoms with E-state index < -0.39 is 0 Å². The van der Waals surface area contributed by atoms with Crippen LogP contribution in [0.1, 0.15) is 0 Å². The predicted molar refractivity (Wildman–Crippen MR) is 277 cm³/mol. The van der Waals surface area contributed by atoms with Crippen LogP contribution in [-0.4, -0.2) is 0 Å². The Kier molecular flexibility index (Phi) is 9.89. The lowest BCUT2D eigenvalue weighted by Gasteiger charge is -2.29. The minimum Gasteiger partial charge on any atom is -0.456 e. The van der Waals surface area contributed by atoms with Crippen LogP contribution in [0.25, 0.3) is 88.7 Å². The highest BCUT2D eigenvalue weighted by molar-refractivity contribution is 6.06. The van der Waals surface area contributed by atoms with E-state index in [0.717, 1.165) is 72.9 Å². The maximum absolute atomic E-state index is 7.19. The summed E-state index contributed by atoms with van der Waals surface area (Å²) in [6, 6.07) is 93.7. The predicted octanol–water partition coefficient (Wildman–Crippen LogP) is 18.1. The van der Waals surface area contributed by atoms with Crippen molar-refractivity contribution in [2.75, 3.05) is 4.90 Å². The summed E-state index contributed by atoms with van der Waals surface area (Å²) in [6.07, 6.45) is 0. The fourth-order valence-electron chi connectivity index (χ4n) is 9.59. The second kappa shape index (κ2) is 16.8. The van der Waals surface area contributed by atoms with Gasteiger partial charge >= 0.3 is 0 Å². The fourth-order valence-corrected chi connectivity index (χ4v) is 9.59. The van der Waals surface area contributed by atoms with Crippen LogP contribution in [0.2, 0.25) is 0 Å². The molecule has 0 aliphatic carbocycles. The minimum absolute atomic E-state index is 0.806. The van der Waals surface area contributed by atoms with Gasteiger partial charge in [0.05, 0.1) is 5.69 Å². The van der Waals surface area contributed by atoms with Crippen LogP contribution < -0.4 is 9.64 Å². The largest absolute Gasteiger partial charge is 0.456 e. The van der Waals surface area contributed by atoms with Crippen molar-refractivity contribution in [2.45, 2.75) is 0 Å². The van der Waals surface area contributed by atoms with Crippen LogP contribution >= 0.6 is 0 Å². The van der Waals surface area contributed by atoms with Crippen LogP contribution in [0.3, 0.4) is 0 Å². The Morgan fingerprint density at radius 2 is 0.636 bits per heavy atom. The zero-order valence-electron chi connectivity index (χ0n) is 36.2. The van der Waals surface area contributed by atoms with Gasteiger partial charge < -0.3 is 9.64 Å². The van der Waals surface area contributed by atoms with Crippen molar-refractivity contribution >= 4 is 27.8 Å². The third-order valence-electron chi connectivity index (χ3n) is 12.9. The number of ether oxygens (including phenoxy) is 1. The lowest BCUT2D eigenvalue weighted by molar-refractivity contribution is 0.488.